The first kappa shape index (κ1) is 19.1. The van der Waals surface area contributed by atoms with Crippen LogP contribution < -0.4 is 10.6 Å². The van der Waals surface area contributed by atoms with E-state index in [1.54, 1.807) is 0 Å². The molecular weight excluding hydrogens is 258 g/mol. The van der Waals surface area contributed by atoms with Crippen molar-refractivity contribution >= 4 is 6.09 Å². The van der Waals surface area contributed by atoms with Crippen LogP contribution in [0, 0.1) is 0 Å². The van der Waals surface area contributed by atoms with Crippen molar-refractivity contribution in [3.63, 3.8) is 0 Å². The molecule has 0 saturated carbocycles. The molecule has 0 fully saturated rings. The maximum atomic E-state index is 11.5. The zero-order valence-electron chi connectivity index (χ0n) is 13.8. The molecule has 1 atom stereocenters. The van der Waals surface area contributed by atoms with Crippen molar-refractivity contribution in [3.8, 4) is 0 Å². The molecule has 0 aliphatic heterocycles. The van der Waals surface area contributed by atoms with Crippen LogP contribution in [-0.4, -0.2) is 69.6 Å². The third kappa shape index (κ3) is 13.6. The van der Waals surface area contributed by atoms with Crippen molar-refractivity contribution in [1.82, 2.24) is 15.5 Å². The Kier molecular flexibility index (Phi) is 9.54. The van der Waals surface area contributed by atoms with Crippen molar-refractivity contribution in [1.29, 1.82) is 0 Å². The van der Waals surface area contributed by atoms with Crippen LogP contribution in [0.1, 0.15) is 27.7 Å². The summed E-state index contributed by atoms with van der Waals surface area (Å²) in [6.45, 7) is 11.2. The number of alkyl carbamates (subject to hydrolysis) is 1. The van der Waals surface area contributed by atoms with E-state index < -0.39 is 5.60 Å². The number of hydrogen-bond donors (Lipinski definition) is 2. The average molecular weight is 289 g/mol. The Balaban J connectivity index is 3.50. The Bertz CT molecular complexity index is 265. The van der Waals surface area contributed by atoms with Gasteiger partial charge >= 0.3 is 6.09 Å². The summed E-state index contributed by atoms with van der Waals surface area (Å²) in [6.07, 6.45) is -0.381. The minimum absolute atomic E-state index is 0.181. The zero-order valence-corrected chi connectivity index (χ0v) is 13.8. The molecule has 6 nitrogen and oxygen atoms in total. The number of nitrogens with one attached hydrogen (secondary N) is 2. The number of hydrogen-bond acceptors (Lipinski definition) is 5. The van der Waals surface area contributed by atoms with Crippen LogP contribution >= 0.6 is 0 Å². The van der Waals surface area contributed by atoms with E-state index in [-0.39, 0.29) is 12.1 Å². The molecule has 0 radical (unpaired) electrons. The van der Waals surface area contributed by atoms with Crippen LogP contribution in [0.15, 0.2) is 0 Å². The standard InChI is InChI=1S/C14H31N3O3/c1-12(11-16-13(18)20-14(2,3)4)15-7-9-19-10-8-17(5)6/h12,15H,7-11H2,1-6H3,(H,16,18). The van der Waals surface area contributed by atoms with E-state index >= 15 is 0 Å². The predicted molar refractivity (Wildman–Crippen MR) is 81.1 cm³/mol. The maximum Gasteiger partial charge on any atom is 0.407 e. The summed E-state index contributed by atoms with van der Waals surface area (Å²) in [5.41, 5.74) is -0.457. The predicted octanol–water partition coefficient (Wildman–Crippen LogP) is 1.07. The molecule has 120 valence electrons. The normalized spacial score (nSPS) is 13.3. The molecule has 2 N–H and O–H groups in total. The summed E-state index contributed by atoms with van der Waals surface area (Å²) in [4.78, 5) is 13.5. The number of amides is 1. The van der Waals surface area contributed by atoms with Crippen LogP contribution in [0.5, 0.6) is 0 Å². The van der Waals surface area contributed by atoms with Gasteiger partial charge in [0.15, 0.2) is 0 Å². The number of ether oxygens (including phenoxy) is 2. The van der Waals surface area contributed by atoms with Gasteiger partial charge in [-0.3, -0.25) is 0 Å². The SMILES string of the molecule is CC(CNC(=O)OC(C)(C)C)NCCOCCN(C)C. The van der Waals surface area contributed by atoms with E-state index in [0.717, 1.165) is 19.7 Å². The van der Waals surface area contributed by atoms with E-state index in [1.807, 2.05) is 41.8 Å². The van der Waals surface area contributed by atoms with Crippen molar-refractivity contribution in [3.05, 3.63) is 0 Å². The second-order valence-corrected chi connectivity index (χ2v) is 6.15. The van der Waals surface area contributed by atoms with Crippen molar-refractivity contribution < 1.29 is 14.3 Å². The highest BCUT2D eigenvalue weighted by Crippen LogP contribution is 2.06. The van der Waals surface area contributed by atoms with Crippen molar-refractivity contribution in [2.45, 2.75) is 39.3 Å². The monoisotopic (exact) mass is 289 g/mol. The number of likely N-dealkylation sites (N-methyl/N-ethyl adjacent to an activating group) is 1. The molecule has 0 spiro atoms. The minimum Gasteiger partial charge on any atom is -0.444 e. The zero-order chi connectivity index (χ0) is 15.6. The first-order chi connectivity index (χ1) is 9.20. The third-order valence-corrected chi connectivity index (χ3v) is 2.37. The Morgan fingerprint density at radius 1 is 1.25 bits per heavy atom. The minimum atomic E-state index is -0.457. The molecule has 0 bridgehead atoms. The summed E-state index contributed by atoms with van der Waals surface area (Å²) in [7, 11) is 4.04. The molecular formula is C14H31N3O3. The summed E-state index contributed by atoms with van der Waals surface area (Å²) in [5.74, 6) is 0. The van der Waals surface area contributed by atoms with Gasteiger partial charge in [-0.25, -0.2) is 4.79 Å². The molecule has 0 aromatic heterocycles. The molecule has 0 heterocycles. The van der Waals surface area contributed by atoms with Gasteiger partial charge in [0.2, 0.25) is 0 Å². The van der Waals surface area contributed by atoms with Crippen LogP contribution in [0.25, 0.3) is 0 Å². The van der Waals surface area contributed by atoms with Gasteiger partial charge in [0.05, 0.1) is 13.2 Å². The first-order valence-corrected chi connectivity index (χ1v) is 7.13. The lowest BCUT2D eigenvalue weighted by Crippen LogP contribution is -2.42. The number of nitrogens with zero attached hydrogens (tertiary/aromatic N) is 1. The second kappa shape index (κ2) is 9.96. The van der Waals surface area contributed by atoms with Gasteiger partial charge in [-0.05, 0) is 41.8 Å². The van der Waals surface area contributed by atoms with Crippen LogP contribution in [0.4, 0.5) is 4.79 Å². The fourth-order valence-corrected chi connectivity index (χ4v) is 1.35. The van der Waals surface area contributed by atoms with Crippen molar-refractivity contribution in [2.75, 3.05) is 46.9 Å². The highest BCUT2D eigenvalue weighted by molar-refractivity contribution is 5.67. The molecule has 1 amide bonds. The number of carbonyl (C=O) groups is 1. The van der Waals surface area contributed by atoms with Gasteiger partial charge < -0.3 is 25.0 Å². The molecule has 0 saturated heterocycles. The molecule has 1 unspecified atom stereocenters. The lowest BCUT2D eigenvalue weighted by molar-refractivity contribution is 0.0522. The van der Waals surface area contributed by atoms with Gasteiger partial charge in [0.25, 0.3) is 0 Å². The van der Waals surface area contributed by atoms with Crippen LogP contribution in [0.2, 0.25) is 0 Å². The molecule has 0 aliphatic rings. The Labute approximate surface area is 123 Å². The molecule has 20 heavy (non-hydrogen) atoms. The smallest absolute Gasteiger partial charge is 0.407 e. The molecule has 0 aromatic carbocycles. The highest BCUT2D eigenvalue weighted by Gasteiger charge is 2.16. The maximum absolute atomic E-state index is 11.5. The highest BCUT2D eigenvalue weighted by atomic mass is 16.6. The Morgan fingerprint density at radius 2 is 1.90 bits per heavy atom. The van der Waals surface area contributed by atoms with E-state index in [1.165, 1.54) is 0 Å². The van der Waals surface area contributed by atoms with E-state index in [0.29, 0.717) is 13.2 Å². The number of rotatable bonds is 9. The van der Waals surface area contributed by atoms with Gasteiger partial charge in [0.1, 0.15) is 5.60 Å². The lowest BCUT2D eigenvalue weighted by Gasteiger charge is -2.21. The molecule has 0 rings (SSSR count). The van der Waals surface area contributed by atoms with E-state index in [4.69, 9.17) is 9.47 Å². The second-order valence-electron chi connectivity index (χ2n) is 6.15. The van der Waals surface area contributed by atoms with Gasteiger partial charge in [-0.1, -0.05) is 0 Å². The summed E-state index contributed by atoms with van der Waals surface area (Å²) < 4.78 is 10.6. The van der Waals surface area contributed by atoms with Crippen LogP contribution in [-0.2, 0) is 9.47 Å². The molecule has 0 aromatic rings. The van der Waals surface area contributed by atoms with Crippen molar-refractivity contribution in [2.24, 2.45) is 0 Å². The fraction of sp³-hybridized carbons (Fsp3) is 0.929. The summed E-state index contributed by atoms with van der Waals surface area (Å²) in [6, 6.07) is 0.181. The van der Waals surface area contributed by atoms with Crippen LogP contribution in [0.3, 0.4) is 0 Å². The third-order valence-electron chi connectivity index (χ3n) is 2.37. The summed E-state index contributed by atoms with van der Waals surface area (Å²) in [5, 5.41) is 6.01. The average Bonchev–Trinajstić information content (AvgIpc) is 2.28. The van der Waals surface area contributed by atoms with Gasteiger partial charge in [-0.2, -0.15) is 0 Å². The Morgan fingerprint density at radius 3 is 2.45 bits per heavy atom. The van der Waals surface area contributed by atoms with E-state index in [9.17, 15) is 4.79 Å². The van der Waals surface area contributed by atoms with Gasteiger partial charge in [-0.15, -0.1) is 0 Å². The largest absolute Gasteiger partial charge is 0.444 e. The number of carbonyl (C=O) groups excluding carboxylic acids is 1. The topological polar surface area (TPSA) is 62.8 Å². The lowest BCUT2D eigenvalue weighted by atomic mass is 10.2. The molecule has 6 heteroatoms. The van der Waals surface area contributed by atoms with E-state index in [2.05, 4.69) is 15.5 Å². The fourth-order valence-electron chi connectivity index (χ4n) is 1.35. The first-order valence-electron chi connectivity index (χ1n) is 7.13. The summed E-state index contributed by atoms with van der Waals surface area (Å²) >= 11 is 0. The molecule has 0 aliphatic carbocycles. The Hall–Kier alpha value is -0.850. The quantitative estimate of drug-likeness (QED) is 0.622. The van der Waals surface area contributed by atoms with Gasteiger partial charge in [0, 0.05) is 25.7 Å².